The molecule has 2 aliphatic carbocycles. The van der Waals surface area contributed by atoms with Crippen LogP contribution in [-0.2, 0) is 12.8 Å². The molecule has 1 fully saturated rings. The summed E-state index contributed by atoms with van der Waals surface area (Å²) in [7, 11) is 0. The van der Waals surface area contributed by atoms with E-state index >= 15 is 0 Å². The predicted molar refractivity (Wildman–Crippen MR) is 82.0 cm³/mol. The Labute approximate surface area is 121 Å². The summed E-state index contributed by atoms with van der Waals surface area (Å²) in [6.07, 6.45) is 8.38. The molecule has 0 spiro atoms. The van der Waals surface area contributed by atoms with Gasteiger partial charge in [-0.05, 0) is 67.7 Å². The SMILES string of the molecule is CCC1CC(NC(=O)Nc2ccc3c(c2)CCCC3)C1. The second-order valence-corrected chi connectivity index (χ2v) is 6.23. The van der Waals surface area contributed by atoms with Gasteiger partial charge in [-0.3, -0.25) is 0 Å². The molecule has 20 heavy (non-hydrogen) atoms. The molecule has 0 atom stereocenters. The first-order chi connectivity index (χ1) is 9.74. The zero-order chi connectivity index (χ0) is 13.9. The van der Waals surface area contributed by atoms with E-state index in [1.165, 1.54) is 36.8 Å². The molecule has 1 aromatic carbocycles. The summed E-state index contributed by atoms with van der Waals surface area (Å²) in [4.78, 5) is 12.0. The first-order valence-electron chi connectivity index (χ1n) is 7.94. The van der Waals surface area contributed by atoms with Crippen LogP contribution in [0, 0.1) is 5.92 Å². The molecule has 3 rings (SSSR count). The Balaban J connectivity index is 1.54. The van der Waals surface area contributed by atoms with Gasteiger partial charge in [0.15, 0.2) is 0 Å². The number of aryl methyl sites for hydroxylation is 2. The van der Waals surface area contributed by atoms with Gasteiger partial charge in [-0.2, -0.15) is 0 Å². The number of urea groups is 1. The summed E-state index contributed by atoms with van der Waals surface area (Å²) in [5.74, 6) is 0.809. The molecule has 2 amide bonds. The molecule has 108 valence electrons. The average molecular weight is 272 g/mol. The monoisotopic (exact) mass is 272 g/mol. The lowest BCUT2D eigenvalue weighted by Crippen LogP contribution is -2.45. The maximum atomic E-state index is 12.0. The third-order valence-corrected chi connectivity index (χ3v) is 4.75. The molecule has 3 nitrogen and oxygen atoms in total. The number of carbonyl (C=O) groups excluding carboxylic acids is 1. The molecule has 2 aliphatic rings. The summed E-state index contributed by atoms with van der Waals surface area (Å²) in [6, 6.07) is 6.65. The van der Waals surface area contributed by atoms with E-state index in [4.69, 9.17) is 0 Å². The van der Waals surface area contributed by atoms with Crippen LogP contribution in [0.2, 0.25) is 0 Å². The van der Waals surface area contributed by atoms with Crippen molar-refractivity contribution in [2.45, 2.75) is 57.9 Å². The zero-order valence-corrected chi connectivity index (χ0v) is 12.2. The number of hydrogen-bond acceptors (Lipinski definition) is 1. The number of benzene rings is 1. The van der Waals surface area contributed by atoms with Crippen LogP contribution >= 0.6 is 0 Å². The molecule has 0 aliphatic heterocycles. The van der Waals surface area contributed by atoms with Gasteiger partial charge in [0.1, 0.15) is 0 Å². The molecule has 0 radical (unpaired) electrons. The first kappa shape index (κ1) is 13.5. The van der Waals surface area contributed by atoms with E-state index in [9.17, 15) is 4.79 Å². The number of rotatable bonds is 3. The van der Waals surface area contributed by atoms with Crippen molar-refractivity contribution in [3.05, 3.63) is 29.3 Å². The Morgan fingerprint density at radius 1 is 1.20 bits per heavy atom. The lowest BCUT2D eigenvalue weighted by atomic mass is 9.79. The summed E-state index contributed by atoms with van der Waals surface area (Å²) in [6.45, 7) is 2.22. The normalized spacial score (nSPS) is 24.4. The Hall–Kier alpha value is -1.51. The fourth-order valence-corrected chi connectivity index (χ4v) is 3.35. The Morgan fingerprint density at radius 3 is 2.70 bits per heavy atom. The summed E-state index contributed by atoms with van der Waals surface area (Å²) in [5, 5.41) is 6.03. The zero-order valence-electron chi connectivity index (χ0n) is 12.2. The summed E-state index contributed by atoms with van der Waals surface area (Å²) < 4.78 is 0. The average Bonchev–Trinajstić information content (AvgIpc) is 2.42. The maximum Gasteiger partial charge on any atom is 0.319 e. The van der Waals surface area contributed by atoms with Crippen molar-refractivity contribution in [2.24, 2.45) is 5.92 Å². The lowest BCUT2D eigenvalue weighted by molar-refractivity contribution is 0.207. The minimum Gasteiger partial charge on any atom is -0.335 e. The summed E-state index contributed by atoms with van der Waals surface area (Å²) in [5.41, 5.74) is 3.78. The van der Waals surface area contributed by atoms with Gasteiger partial charge >= 0.3 is 6.03 Å². The van der Waals surface area contributed by atoms with E-state index in [0.29, 0.717) is 6.04 Å². The van der Waals surface area contributed by atoms with Crippen LogP contribution in [0.5, 0.6) is 0 Å². The van der Waals surface area contributed by atoms with E-state index < -0.39 is 0 Å². The van der Waals surface area contributed by atoms with Crippen LogP contribution in [-0.4, -0.2) is 12.1 Å². The molecule has 0 saturated heterocycles. The molecule has 0 aromatic heterocycles. The van der Waals surface area contributed by atoms with Crippen molar-refractivity contribution in [1.29, 1.82) is 0 Å². The third-order valence-electron chi connectivity index (χ3n) is 4.75. The van der Waals surface area contributed by atoms with Crippen LogP contribution in [0.15, 0.2) is 18.2 Å². The molecular formula is C17H24N2O. The van der Waals surface area contributed by atoms with Crippen LogP contribution in [0.4, 0.5) is 10.5 Å². The molecule has 2 N–H and O–H groups in total. The van der Waals surface area contributed by atoms with Gasteiger partial charge in [-0.25, -0.2) is 4.79 Å². The Bertz CT molecular complexity index is 492. The van der Waals surface area contributed by atoms with Gasteiger partial charge in [0.2, 0.25) is 0 Å². The lowest BCUT2D eigenvalue weighted by Gasteiger charge is -2.35. The number of fused-ring (bicyclic) bond motifs is 1. The second-order valence-electron chi connectivity index (χ2n) is 6.23. The van der Waals surface area contributed by atoms with E-state index in [1.54, 1.807) is 0 Å². The van der Waals surface area contributed by atoms with Crippen LogP contribution < -0.4 is 10.6 Å². The molecular weight excluding hydrogens is 248 g/mol. The molecule has 0 unspecified atom stereocenters. The maximum absolute atomic E-state index is 12.0. The Kier molecular flexibility index (Phi) is 3.95. The van der Waals surface area contributed by atoms with Crippen LogP contribution in [0.3, 0.4) is 0 Å². The topological polar surface area (TPSA) is 41.1 Å². The van der Waals surface area contributed by atoms with Crippen LogP contribution in [0.1, 0.15) is 50.2 Å². The third kappa shape index (κ3) is 2.97. The first-order valence-corrected chi connectivity index (χ1v) is 7.94. The van der Waals surface area contributed by atoms with Crippen molar-refractivity contribution < 1.29 is 4.79 Å². The number of hydrogen-bond donors (Lipinski definition) is 2. The Morgan fingerprint density at radius 2 is 1.95 bits per heavy atom. The van der Waals surface area contributed by atoms with Crippen LogP contribution in [0.25, 0.3) is 0 Å². The number of carbonyl (C=O) groups is 1. The van der Waals surface area contributed by atoms with E-state index in [0.717, 1.165) is 30.9 Å². The highest BCUT2D eigenvalue weighted by Gasteiger charge is 2.28. The van der Waals surface area contributed by atoms with Gasteiger partial charge < -0.3 is 10.6 Å². The van der Waals surface area contributed by atoms with E-state index in [-0.39, 0.29) is 6.03 Å². The van der Waals surface area contributed by atoms with Crippen molar-refractivity contribution in [2.75, 3.05) is 5.32 Å². The number of amides is 2. The molecule has 1 aromatic rings. The quantitative estimate of drug-likeness (QED) is 0.861. The number of anilines is 1. The van der Waals surface area contributed by atoms with Gasteiger partial charge in [0, 0.05) is 11.7 Å². The number of nitrogens with one attached hydrogen (secondary N) is 2. The summed E-state index contributed by atoms with van der Waals surface area (Å²) >= 11 is 0. The molecule has 1 saturated carbocycles. The standard InChI is InChI=1S/C17H24N2O/c1-2-12-9-16(10-12)19-17(20)18-15-8-7-13-5-3-4-6-14(13)11-15/h7-8,11-12,16H,2-6,9-10H2,1H3,(H2,18,19,20). The van der Waals surface area contributed by atoms with Crippen molar-refractivity contribution in [3.63, 3.8) is 0 Å². The minimum atomic E-state index is -0.0553. The second kappa shape index (κ2) is 5.86. The molecule has 0 heterocycles. The highest BCUT2D eigenvalue weighted by atomic mass is 16.2. The molecule has 3 heteroatoms. The van der Waals surface area contributed by atoms with E-state index in [2.05, 4.69) is 29.7 Å². The fourth-order valence-electron chi connectivity index (χ4n) is 3.35. The highest BCUT2D eigenvalue weighted by molar-refractivity contribution is 5.89. The van der Waals surface area contributed by atoms with Gasteiger partial charge in [0.25, 0.3) is 0 Å². The predicted octanol–water partition coefficient (Wildman–Crippen LogP) is 3.88. The van der Waals surface area contributed by atoms with E-state index in [1.807, 2.05) is 6.07 Å². The minimum absolute atomic E-state index is 0.0553. The van der Waals surface area contributed by atoms with Crippen molar-refractivity contribution >= 4 is 11.7 Å². The van der Waals surface area contributed by atoms with Gasteiger partial charge in [0.05, 0.1) is 0 Å². The fraction of sp³-hybridized carbons (Fsp3) is 0.588. The van der Waals surface area contributed by atoms with Gasteiger partial charge in [-0.15, -0.1) is 0 Å². The van der Waals surface area contributed by atoms with Gasteiger partial charge in [-0.1, -0.05) is 19.4 Å². The highest BCUT2D eigenvalue weighted by Crippen LogP contribution is 2.30. The van der Waals surface area contributed by atoms with Crippen molar-refractivity contribution in [3.8, 4) is 0 Å². The van der Waals surface area contributed by atoms with Crippen molar-refractivity contribution in [1.82, 2.24) is 5.32 Å². The smallest absolute Gasteiger partial charge is 0.319 e. The largest absolute Gasteiger partial charge is 0.335 e. The molecule has 0 bridgehead atoms.